The summed E-state index contributed by atoms with van der Waals surface area (Å²) in [7, 11) is 3.60. The second kappa shape index (κ2) is 11.8. The number of hydrazone groups is 1. The van der Waals surface area contributed by atoms with E-state index in [9.17, 15) is 4.79 Å². The molecule has 0 saturated heterocycles. The third kappa shape index (κ3) is 6.87. The smallest absolute Gasteiger partial charge is 0.320 e. The molecule has 3 aromatic rings. The van der Waals surface area contributed by atoms with Crippen LogP contribution in [0.2, 0.25) is 0 Å². The van der Waals surface area contributed by atoms with Gasteiger partial charge >= 0.3 is 5.97 Å². The topological polar surface area (TPSA) is 97.1 Å². The highest BCUT2D eigenvalue weighted by Crippen LogP contribution is 2.29. The van der Waals surface area contributed by atoms with Crippen molar-refractivity contribution in [2.24, 2.45) is 15.3 Å². The summed E-state index contributed by atoms with van der Waals surface area (Å²) in [5, 5.41) is 13.3. The summed E-state index contributed by atoms with van der Waals surface area (Å²) in [5.74, 6) is 1.07. The van der Waals surface area contributed by atoms with Crippen LogP contribution >= 0.6 is 0 Å². The van der Waals surface area contributed by atoms with E-state index >= 15 is 0 Å². The van der Waals surface area contributed by atoms with Gasteiger partial charge in [0.05, 0.1) is 12.2 Å². The molecule has 3 aromatic carbocycles. The maximum Gasteiger partial charge on any atom is 0.320 e. The Balaban J connectivity index is 1.68. The molecule has 1 unspecified atom stereocenters. The number of ether oxygens (including phenoxy) is 3. The lowest BCUT2D eigenvalue weighted by Crippen LogP contribution is -2.34. The summed E-state index contributed by atoms with van der Waals surface area (Å²) >= 11 is 0. The highest BCUT2D eigenvalue weighted by molar-refractivity contribution is 5.99. The van der Waals surface area contributed by atoms with E-state index in [1.807, 2.05) is 66.7 Å². The number of esters is 1. The Bertz CT molecular complexity index is 1200. The quantitative estimate of drug-likeness (QED) is 0.561. The van der Waals surface area contributed by atoms with Crippen LogP contribution in [0.5, 0.6) is 11.5 Å². The molecule has 180 valence electrons. The van der Waals surface area contributed by atoms with E-state index in [2.05, 4.69) is 20.8 Å². The molecule has 4 rings (SSSR count). The molecule has 0 spiro atoms. The number of anilines is 1. The second-order valence-corrected chi connectivity index (χ2v) is 8.05. The van der Waals surface area contributed by atoms with Crippen molar-refractivity contribution in [3.63, 3.8) is 0 Å². The number of nitrogens with zero attached hydrogens (tertiary/aromatic N) is 4. The van der Waals surface area contributed by atoms with E-state index in [0.29, 0.717) is 28.7 Å². The molecule has 9 nitrogen and oxygen atoms in total. The summed E-state index contributed by atoms with van der Waals surface area (Å²) < 4.78 is 17.7. The first-order valence-electron chi connectivity index (χ1n) is 11.2. The zero-order chi connectivity index (χ0) is 24.5. The monoisotopic (exact) mass is 473 g/mol. The number of hydrogen-bond donors (Lipinski definition) is 1. The van der Waals surface area contributed by atoms with Gasteiger partial charge in [-0.25, -0.2) is 0 Å². The maximum atomic E-state index is 12.3. The van der Waals surface area contributed by atoms with E-state index in [1.165, 1.54) is 0 Å². The van der Waals surface area contributed by atoms with Gasteiger partial charge in [0.1, 0.15) is 30.4 Å². The largest absolute Gasteiger partial charge is 0.487 e. The van der Waals surface area contributed by atoms with Gasteiger partial charge in [0, 0.05) is 5.56 Å². The molecule has 0 radical (unpaired) electrons. The minimum atomic E-state index is -0.646. The molecule has 0 bridgehead atoms. The van der Waals surface area contributed by atoms with Gasteiger partial charge in [-0.05, 0) is 38.4 Å². The fourth-order valence-electron chi connectivity index (χ4n) is 3.26. The van der Waals surface area contributed by atoms with Gasteiger partial charge in [-0.2, -0.15) is 5.10 Å². The fraction of sp³-hybridized carbons (Fsp3) is 0.231. The average molecular weight is 474 g/mol. The molecule has 1 aliphatic heterocycles. The number of amidine groups is 1. The lowest BCUT2D eigenvalue weighted by atomic mass is 10.2. The van der Waals surface area contributed by atoms with Gasteiger partial charge in [0.25, 0.3) is 0 Å². The molecule has 0 aromatic heterocycles. The van der Waals surface area contributed by atoms with Crippen molar-refractivity contribution in [1.82, 2.24) is 4.90 Å². The van der Waals surface area contributed by atoms with E-state index in [-0.39, 0.29) is 25.7 Å². The van der Waals surface area contributed by atoms with Crippen molar-refractivity contribution in [2.45, 2.75) is 6.10 Å². The van der Waals surface area contributed by atoms with Crippen molar-refractivity contribution < 1.29 is 19.0 Å². The number of carbonyl (C=O) groups excluding carboxylic acids is 1. The molecule has 1 atom stereocenters. The zero-order valence-electron chi connectivity index (χ0n) is 19.6. The number of rotatable bonds is 4. The van der Waals surface area contributed by atoms with E-state index in [4.69, 9.17) is 14.2 Å². The minimum absolute atomic E-state index is 0.0843. The Labute approximate surface area is 204 Å². The number of hydrogen-bond acceptors (Lipinski definition) is 9. The summed E-state index contributed by atoms with van der Waals surface area (Å²) in [6, 6.07) is 24.2. The number of fused-ring (bicyclic) bond motifs is 2. The summed E-state index contributed by atoms with van der Waals surface area (Å²) in [6.45, 7) is 0.328. The Morgan fingerprint density at radius 1 is 0.914 bits per heavy atom. The van der Waals surface area contributed by atoms with Crippen LogP contribution in [0.25, 0.3) is 0 Å². The van der Waals surface area contributed by atoms with Crippen LogP contribution in [-0.2, 0) is 9.53 Å². The van der Waals surface area contributed by atoms with E-state index < -0.39 is 6.10 Å². The van der Waals surface area contributed by atoms with Gasteiger partial charge in [-0.15, -0.1) is 10.2 Å². The molecule has 1 heterocycles. The summed E-state index contributed by atoms with van der Waals surface area (Å²) in [4.78, 5) is 14.1. The highest BCUT2D eigenvalue weighted by Gasteiger charge is 2.19. The Kier molecular flexibility index (Phi) is 8.03. The molecule has 0 amide bonds. The number of nitrogens with one attached hydrogen (secondary N) is 1. The van der Waals surface area contributed by atoms with Crippen molar-refractivity contribution in [3.8, 4) is 11.5 Å². The predicted octanol–water partition coefficient (Wildman–Crippen LogP) is 4.49. The number of carbonyl (C=O) groups is 1. The van der Waals surface area contributed by atoms with Crippen LogP contribution in [0.4, 0.5) is 11.4 Å². The van der Waals surface area contributed by atoms with Crippen LogP contribution in [0.3, 0.4) is 0 Å². The molecular weight excluding hydrogens is 446 g/mol. The Morgan fingerprint density at radius 2 is 1.57 bits per heavy atom. The van der Waals surface area contributed by atoms with Crippen LogP contribution in [0, 0.1) is 0 Å². The maximum absolute atomic E-state index is 12.3. The predicted molar refractivity (Wildman–Crippen MR) is 133 cm³/mol. The number of azo groups is 1. The molecular formula is C26H27N5O4. The number of benzene rings is 3. The molecule has 9 heteroatoms. The standard InChI is InChI=1S/C26H27N5O4/c1-31(2)16-25(32)35-20-17-33-23-14-8-6-12-21(23)27-29-26(19-10-4-3-5-11-19)30-28-22-13-7-9-15-24(22)34-18-20/h3-15,20,27H,16-18H2,1-2H3. The van der Waals surface area contributed by atoms with Crippen molar-refractivity contribution in [3.05, 3.63) is 84.4 Å². The first kappa shape index (κ1) is 23.9. The van der Waals surface area contributed by atoms with Crippen LogP contribution < -0.4 is 14.9 Å². The van der Waals surface area contributed by atoms with Crippen LogP contribution in [0.1, 0.15) is 5.56 Å². The lowest BCUT2D eigenvalue weighted by Gasteiger charge is -2.21. The Hall–Kier alpha value is -4.24. The van der Waals surface area contributed by atoms with Gasteiger partial charge < -0.3 is 14.2 Å². The summed E-state index contributed by atoms with van der Waals surface area (Å²) in [6.07, 6.45) is -0.646. The second-order valence-electron chi connectivity index (χ2n) is 8.05. The minimum Gasteiger partial charge on any atom is -0.487 e. The fourth-order valence-corrected chi connectivity index (χ4v) is 3.26. The molecule has 1 N–H and O–H groups in total. The Morgan fingerprint density at radius 3 is 2.34 bits per heavy atom. The normalized spacial score (nSPS) is 15.9. The zero-order valence-corrected chi connectivity index (χ0v) is 19.6. The first-order chi connectivity index (χ1) is 17.1. The third-order valence-electron chi connectivity index (χ3n) is 4.91. The number of para-hydroxylation sites is 3. The van der Waals surface area contributed by atoms with E-state index in [1.54, 1.807) is 31.1 Å². The average Bonchev–Trinajstić information content (AvgIpc) is 2.86. The van der Waals surface area contributed by atoms with Crippen LogP contribution in [0.15, 0.2) is 94.2 Å². The van der Waals surface area contributed by atoms with Crippen LogP contribution in [-0.4, -0.2) is 56.7 Å². The van der Waals surface area contributed by atoms with E-state index in [0.717, 1.165) is 5.56 Å². The summed E-state index contributed by atoms with van der Waals surface area (Å²) in [5.41, 5.74) is 4.98. The SMILES string of the molecule is CN(C)CC(=O)OC1COc2ccccc2N=NC(c2ccccc2)=NNc2ccccc2OC1. The molecule has 1 aliphatic rings. The van der Waals surface area contributed by atoms with Gasteiger partial charge in [0.15, 0.2) is 6.10 Å². The van der Waals surface area contributed by atoms with Gasteiger partial charge in [-0.3, -0.25) is 15.1 Å². The molecule has 0 fully saturated rings. The van der Waals surface area contributed by atoms with Gasteiger partial charge in [-0.1, -0.05) is 54.6 Å². The molecule has 35 heavy (non-hydrogen) atoms. The number of likely N-dealkylation sites (N-methyl/N-ethyl adjacent to an activating group) is 1. The first-order valence-corrected chi connectivity index (χ1v) is 11.2. The van der Waals surface area contributed by atoms with Crippen molar-refractivity contribution >= 4 is 23.2 Å². The molecule has 0 aliphatic carbocycles. The van der Waals surface area contributed by atoms with Crippen molar-refractivity contribution in [1.29, 1.82) is 0 Å². The van der Waals surface area contributed by atoms with Gasteiger partial charge in [0.2, 0.25) is 5.84 Å². The van der Waals surface area contributed by atoms with Crippen molar-refractivity contribution in [2.75, 3.05) is 39.3 Å². The third-order valence-corrected chi connectivity index (χ3v) is 4.91. The molecule has 0 saturated carbocycles. The highest BCUT2D eigenvalue weighted by atomic mass is 16.6. The lowest BCUT2D eigenvalue weighted by molar-refractivity contribution is -0.152.